The minimum absolute atomic E-state index is 0.271. The molecule has 0 amide bonds. The van der Waals surface area contributed by atoms with Crippen molar-refractivity contribution in [3.05, 3.63) is 65.5 Å². The Morgan fingerprint density at radius 3 is 2.32 bits per heavy atom. The Hall–Kier alpha value is -2.27. The van der Waals surface area contributed by atoms with Crippen LogP contribution in [0.3, 0.4) is 0 Å². The van der Waals surface area contributed by atoms with E-state index in [0.29, 0.717) is 11.0 Å². The molecular weight excluding hydrogens is 297 g/mol. The molecule has 0 aliphatic rings. The summed E-state index contributed by atoms with van der Waals surface area (Å²) in [5, 5.41) is 7.46. The minimum atomic E-state index is -0.271. The van der Waals surface area contributed by atoms with E-state index in [0.717, 1.165) is 11.3 Å². The molecule has 0 radical (unpaired) electrons. The van der Waals surface area contributed by atoms with Gasteiger partial charge in [0.15, 0.2) is 5.11 Å². The van der Waals surface area contributed by atoms with E-state index >= 15 is 0 Å². The van der Waals surface area contributed by atoms with Crippen LogP contribution in [-0.2, 0) is 0 Å². The number of benzene rings is 2. The summed E-state index contributed by atoms with van der Waals surface area (Å²) in [5.41, 5.74) is 5.70. The first-order valence-electron chi connectivity index (χ1n) is 7.00. The Balaban J connectivity index is 1.86. The number of rotatable bonds is 4. The fourth-order valence-corrected chi connectivity index (χ4v) is 2.00. The molecule has 0 saturated carbocycles. The Morgan fingerprint density at radius 1 is 1.09 bits per heavy atom. The lowest BCUT2D eigenvalue weighted by Gasteiger charge is -2.09. The average Bonchev–Trinajstić information content (AvgIpc) is 2.50. The molecule has 0 spiro atoms. The third-order valence-electron chi connectivity index (χ3n) is 3.08. The van der Waals surface area contributed by atoms with Crippen LogP contribution in [0, 0.1) is 5.82 Å². The van der Waals surface area contributed by atoms with Gasteiger partial charge >= 0.3 is 0 Å². The van der Waals surface area contributed by atoms with Gasteiger partial charge in [0.2, 0.25) is 0 Å². The lowest BCUT2D eigenvalue weighted by molar-refractivity contribution is 0.628. The molecule has 3 nitrogen and oxygen atoms in total. The third kappa shape index (κ3) is 4.93. The molecule has 0 unspecified atom stereocenters. The highest BCUT2D eigenvalue weighted by Crippen LogP contribution is 2.16. The maximum Gasteiger partial charge on any atom is 0.191 e. The first-order chi connectivity index (χ1) is 10.5. The van der Waals surface area contributed by atoms with Crippen LogP contribution >= 0.6 is 12.2 Å². The van der Waals surface area contributed by atoms with Gasteiger partial charge < -0.3 is 5.32 Å². The molecule has 0 heterocycles. The molecule has 2 rings (SSSR count). The Kier molecular flexibility index (Phi) is 5.61. The van der Waals surface area contributed by atoms with Gasteiger partial charge in [0, 0.05) is 5.69 Å². The zero-order chi connectivity index (χ0) is 15.9. The first-order valence-corrected chi connectivity index (χ1v) is 7.41. The van der Waals surface area contributed by atoms with Crippen molar-refractivity contribution in [1.82, 2.24) is 5.43 Å². The number of anilines is 1. The quantitative estimate of drug-likeness (QED) is 0.502. The predicted molar refractivity (Wildman–Crippen MR) is 93.9 cm³/mol. The molecule has 0 bridgehead atoms. The van der Waals surface area contributed by atoms with Crippen molar-refractivity contribution in [2.24, 2.45) is 5.10 Å². The smallest absolute Gasteiger partial charge is 0.191 e. The number of nitrogens with one attached hydrogen (secondary N) is 2. The number of nitrogens with zero attached hydrogens (tertiary/aromatic N) is 1. The zero-order valence-corrected chi connectivity index (χ0v) is 13.3. The van der Waals surface area contributed by atoms with Crippen molar-refractivity contribution in [2.45, 2.75) is 19.8 Å². The maximum absolute atomic E-state index is 12.8. The van der Waals surface area contributed by atoms with E-state index in [1.165, 1.54) is 17.7 Å². The molecule has 0 fully saturated rings. The van der Waals surface area contributed by atoms with E-state index in [1.807, 2.05) is 12.1 Å². The SMILES string of the molecule is CC(C)c1ccc(NC(=S)N/N=C/c2ccc(F)cc2)cc1. The van der Waals surface area contributed by atoms with E-state index in [9.17, 15) is 4.39 Å². The summed E-state index contributed by atoms with van der Waals surface area (Å²) in [4.78, 5) is 0. The summed E-state index contributed by atoms with van der Waals surface area (Å²) in [5.74, 6) is 0.228. The summed E-state index contributed by atoms with van der Waals surface area (Å²) in [6, 6.07) is 14.1. The van der Waals surface area contributed by atoms with Crippen molar-refractivity contribution < 1.29 is 4.39 Å². The summed E-state index contributed by atoms with van der Waals surface area (Å²) in [6.45, 7) is 4.30. The van der Waals surface area contributed by atoms with Gasteiger partial charge in [0.1, 0.15) is 5.82 Å². The summed E-state index contributed by atoms with van der Waals surface area (Å²) >= 11 is 5.16. The first kappa shape index (κ1) is 16.1. The van der Waals surface area contributed by atoms with Gasteiger partial charge in [-0.2, -0.15) is 5.10 Å². The second kappa shape index (κ2) is 7.66. The topological polar surface area (TPSA) is 36.4 Å². The fraction of sp³-hybridized carbons (Fsp3) is 0.176. The van der Waals surface area contributed by atoms with Crippen molar-refractivity contribution in [3.8, 4) is 0 Å². The van der Waals surface area contributed by atoms with Crippen LogP contribution < -0.4 is 10.7 Å². The number of thiocarbonyl (C=S) groups is 1. The highest BCUT2D eigenvalue weighted by Gasteiger charge is 2.00. The molecule has 2 aromatic carbocycles. The molecule has 5 heteroatoms. The highest BCUT2D eigenvalue weighted by atomic mass is 32.1. The monoisotopic (exact) mass is 315 g/mol. The van der Waals surface area contributed by atoms with E-state index in [1.54, 1.807) is 18.3 Å². The molecule has 0 atom stereocenters. The van der Waals surface area contributed by atoms with Crippen molar-refractivity contribution in [1.29, 1.82) is 0 Å². The molecule has 0 aromatic heterocycles. The van der Waals surface area contributed by atoms with E-state index < -0.39 is 0 Å². The summed E-state index contributed by atoms with van der Waals surface area (Å²) in [6.07, 6.45) is 1.58. The second-order valence-corrected chi connectivity index (χ2v) is 5.56. The lowest BCUT2D eigenvalue weighted by atomic mass is 10.0. The van der Waals surface area contributed by atoms with Gasteiger partial charge in [-0.1, -0.05) is 38.1 Å². The van der Waals surface area contributed by atoms with Crippen LogP contribution in [0.1, 0.15) is 30.9 Å². The largest absolute Gasteiger partial charge is 0.331 e. The maximum atomic E-state index is 12.8. The molecule has 0 saturated heterocycles. The van der Waals surface area contributed by atoms with Gasteiger partial charge in [0.05, 0.1) is 6.21 Å². The van der Waals surface area contributed by atoms with Crippen LogP contribution in [0.2, 0.25) is 0 Å². The van der Waals surface area contributed by atoms with Gasteiger partial charge in [0.25, 0.3) is 0 Å². The van der Waals surface area contributed by atoms with Gasteiger partial charge in [-0.25, -0.2) is 4.39 Å². The lowest BCUT2D eigenvalue weighted by Crippen LogP contribution is -2.23. The van der Waals surface area contributed by atoms with Crippen LogP contribution in [0.15, 0.2) is 53.6 Å². The van der Waals surface area contributed by atoms with Crippen LogP contribution in [0.25, 0.3) is 0 Å². The number of halogens is 1. The van der Waals surface area contributed by atoms with Crippen LogP contribution in [0.4, 0.5) is 10.1 Å². The zero-order valence-electron chi connectivity index (χ0n) is 12.5. The van der Waals surface area contributed by atoms with E-state index in [2.05, 4.69) is 41.8 Å². The summed E-state index contributed by atoms with van der Waals surface area (Å²) in [7, 11) is 0. The summed E-state index contributed by atoms with van der Waals surface area (Å²) < 4.78 is 12.8. The van der Waals surface area contributed by atoms with Gasteiger partial charge in [-0.3, -0.25) is 5.43 Å². The van der Waals surface area contributed by atoms with Crippen molar-refractivity contribution in [3.63, 3.8) is 0 Å². The van der Waals surface area contributed by atoms with Crippen LogP contribution in [0.5, 0.6) is 0 Å². The average molecular weight is 315 g/mol. The molecular formula is C17H18FN3S. The Bertz CT molecular complexity index is 649. The fourth-order valence-electron chi connectivity index (χ4n) is 1.82. The predicted octanol–water partition coefficient (Wildman–Crippen LogP) is 4.27. The van der Waals surface area contributed by atoms with E-state index in [4.69, 9.17) is 12.2 Å². The van der Waals surface area contributed by atoms with Crippen molar-refractivity contribution in [2.75, 3.05) is 5.32 Å². The van der Waals surface area contributed by atoms with Gasteiger partial charge in [-0.05, 0) is 53.5 Å². The second-order valence-electron chi connectivity index (χ2n) is 5.15. The number of hydrogen-bond donors (Lipinski definition) is 2. The number of hydrogen-bond acceptors (Lipinski definition) is 2. The molecule has 22 heavy (non-hydrogen) atoms. The normalized spacial score (nSPS) is 10.9. The number of hydrazone groups is 1. The third-order valence-corrected chi connectivity index (χ3v) is 3.28. The molecule has 114 valence electrons. The van der Waals surface area contributed by atoms with Crippen molar-refractivity contribution >= 4 is 29.2 Å². The van der Waals surface area contributed by atoms with Crippen LogP contribution in [-0.4, -0.2) is 11.3 Å². The minimum Gasteiger partial charge on any atom is -0.331 e. The molecule has 0 aliphatic carbocycles. The molecule has 2 N–H and O–H groups in total. The highest BCUT2D eigenvalue weighted by molar-refractivity contribution is 7.80. The Morgan fingerprint density at radius 2 is 1.73 bits per heavy atom. The standard InChI is InChI=1S/C17H18FN3S/c1-12(2)14-5-9-16(10-6-14)20-17(22)21-19-11-13-3-7-15(18)8-4-13/h3-12H,1-2H3,(H2,20,21,22)/b19-11+. The molecule has 0 aliphatic heterocycles. The Labute approximate surface area is 135 Å². The molecule has 2 aromatic rings. The van der Waals surface area contributed by atoms with E-state index in [-0.39, 0.29) is 5.82 Å². The van der Waals surface area contributed by atoms with Gasteiger partial charge in [-0.15, -0.1) is 0 Å².